The van der Waals surface area contributed by atoms with Gasteiger partial charge in [0, 0.05) is 18.3 Å². The molecule has 0 radical (unpaired) electrons. The van der Waals surface area contributed by atoms with Crippen LogP contribution in [0.1, 0.15) is 39.2 Å². The number of hydrogen-bond acceptors (Lipinski definition) is 4. The molecule has 0 fully saturated rings. The van der Waals surface area contributed by atoms with Crippen molar-refractivity contribution >= 4 is 23.6 Å². The molecule has 0 aliphatic rings. The molecule has 0 unspecified atom stereocenters. The van der Waals surface area contributed by atoms with Gasteiger partial charge in [0.2, 0.25) is 11.8 Å². The van der Waals surface area contributed by atoms with Crippen LogP contribution in [0, 0.1) is 0 Å². The molecule has 0 saturated carbocycles. The lowest BCUT2D eigenvalue weighted by molar-refractivity contribution is -0.134. The zero-order valence-electron chi connectivity index (χ0n) is 18.8. The molecule has 0 spiro atoms. The second-order valence-corrected chi connectivity index (χ2v) is 7.15. The number of nitrogens with one attached hydrogen (secondary N) is 1. The summed E-state index contributed by atoms with van der Waals surface area (Å²) in [4.78, 5) is 27.1. The van der Waals surface area contributed by atoms with Gasteiger partial charge in [-0.05, 0) is 55.7 Å². The molecule has 0 aliphatic carbocycles. The number of amides is 2. The predicted molar refractivity (Wildman–Crippen MR) is 124 cm³/mol. The van der Waals surface area contributed by atoms with E-state index in [4.69, 9.17) is 9.47 Å². The standard InChI is InChI=1S/C25H32N2O4/c1-5-16-27(19(3)25(29)26-21-10-8-7-9-11-21)24(28)15-13-20-12-14-22(31-17-6-2)23(18-20)30-4/h7-15,18-19H,5-6,16-17H2,1-4H3,(H,26,29)/b15-13+/t19-/m0/s1. The molecule has 6 nitrogen and oxygen atoms in total. The molecular weight excluding hydrogens is 392 g/mol. The second-order valence-electron chi connectivity index (χ2n) is 7.15. The second kappa shape index (κ2) is 12.4. The van der Waals surface area contributed by atoms with Crippen LogP contribution in [-0.2, 0) is 9.59 Å². The fourth-order valence-electron chi connectivity index (χ4n) is 3.03. The molecule has 1 N–H and O–H groups in total. The van der Waals surface area contributed by atoms with E-state index in [2.05, 4.69) is 5.32 Å². The molecule has 2 aromatic rings. The maximum atomic E-state index is 12.9. The molecule has 2 amide bonds. The topological polar surface area (TPSA) is 67.9 Å². The first-order valence-corrected chi connectivity index (χ1v) is 10.7. The van der Waals surface area contributed by atoms with Gasteiger partial charge in [-0.3, -0.25) is 9.59 Å². The van der Waals surface area contributed by atoms with Crippen LogP contribution in [0.4, 0.5) is 5.69 Å². The lowest BCUT2D eigenvalue weighted by Crippen LogP contribution is -2.45. The Kier molecular flexibility index (Phi) is 9.62. The normalized spacial score (nSPS) is 11.7. The minimum Gasteiger partial charge on any atom is -0.493 e. The van der Waals surface area contributed by atoms with Gasteiger partial charge in [-0.2, -0.15) is 0 Å². The van der Waals surface area contributed by atoms with Crippen molar-refractivity contribution in [2.75, 3.05) is 25.6 Å². The number of hydrogen-bond donors (Lipinski definition) is 1. The third-order valence-corrected chi connectivity index (χ3v) is 4.70. The molecule has 0 aliphatic heterocycles. The van der Waals surface area contributed by atoms with Crippen LogP contribution in [-0.4, -0.2) is 43.0 Å². The molecule has 166 valence electrons. The van der Waals surface area contributed by atoms with Gasteiger partial charge in [-0.15, -0.1) is 0 Å². The Hall–Kier alpha value is -3.28. The third kappa shape index (κ3) is 7.17. The van der Waals surface area contributed by atoms with E-state index in [9.17, 15) is 9.59 Å². The van der Waals surface area contributed by atoms with Crippen LogP contribution in [0.5, 0.6) is 11.5 Å². The lowest BCUT2D eigenvalue weighted by atomic mass is 10.1. The molecule has 6 heteroatoms. The number of carbonyl (C=O) groups is 2. The van der Waals surface area contributed by atoms with Gasteiger partial charge in [0.25, 0.3) is 0 Å². The van der Waals surface area contributed by atoms with E-state index in [-0.39, 0.29) is 11.8 Å². The van der Waals surface area contributed by atoms with E-state index in [0.29, 0.717) is 30.3 Å². The fraction of sp³-hybridized carbons (Fsp3) is 0.360. The minimum absolute atomic E-state index is 0.220. The molecule has 0 heterocycles. The zero-order valence-corrected chi connectivity index (χ0v) is 18.8. The SMILES string of the molecule is CCCOc1ccc(/C=C/C(=O)N(CCC)[C@@H](C)C(=O)Nc2ccccc2)cc1OC. The summed E-state index contributed by atoms with van der Waals surface area (Å²) in [5, 5.41) is 2.86. The average Bonchev–Trinajstić information content (AvgIpc) is 2.80. The Labute approximate surface area is 184 Å². The molecule has 2 aromatic carbocycles. The van der Waals surface area contributed by atoms with Gasteiger partial charge in [0.05, 0.1) is 13.7 Å². The first kappa shape index (κ1) is 24.0. The highest BCUT2D eigenvalue weighted by Gasteiger charge is 2.24. The monoisotopic (exact) mass is 424 g/mol. The van der Waals surface area contributed by atoms with E-state index in [0.717, 1.165) is 18.4 Å². The van der Waals surface area contributed by atoms with Crippen LogP contribution in [0.2, 0.25) is 0 Å². The summed E-state index contributed by atoms with van der Waals surface area (Å²) < 4.78 is 11.1. The van der Waals surface area contributed by atoms with E-state index in [1.807, 2.05) is 62.4 Å². The van der Waals surface area contributed by atoms with E-state index >= 15 is 0 Å². The summed E-state index contributed by atoms with van der Waals surface area (Å²) in [6, 6.07) is 14.1. The Morgan fingerprint density at radius 2 is 1.81 bits per heavy atom. The Bertz CT molecular complexity index is 880. The van der Waals surface area contributed by atoms with Crippen LogP contribution in [0.3, 0.4) is 0 Å². The maximum absolute atomic E-state index is 12.9. The summed E-state index contributed by atoms with van der Waals surface area (Å²) in [6.45, 7) is 6.85. The molecule has 0 bridgehead atoms. The lowest BCUT2D eigenvalue weighted by Gasteiger charge is -2.27. The summed E-state index contributed by atoms with van der Waals surface area (Å²) in [5.74, 6) is 0.846. The van der Waals surface area contributed by atoms with Gasteiger partial charge < -0.3 is 19.7 Å². The number of carbonyl (C=O) groups excluding carboxylic acids is 2. The largest absolute Gasteiger partial charge is 0.493 e. The van der Waals surface area contributed by atoms with Crippen LogP contribution in [0.15, 0.2) is 54.6 Å². The quantitative estimate of drug-likeness (QED) is 0.528. The molecule has 31 heavy (non-hydrogen) atoms. The number of benzene rings is 2. The Morgan fingerprint density at radius 3 is 2.45 bits per heavy atom. The van der Waals surface area contributed by atoms with Crippen molar-refractivity contribution < 1.29 is 19.1 Å². The molecular formula is C25H32N2O4. The van der Waals surface area contributed by atoms with Crippen molar-refractivity contribution in [1.82, 2.24) is 4.90 Å². The van der Waals surface area contributed by atoms with Gasteiger partial charge in [-0.1, -0.05) is 38.1 Å². The van der Waals surface area contributed by atoms with Crippen molar-refractivity contribution in [3.8, 4) is 11.5 Å². The van der Waals surface area contributed by atoms with Gasteiger partial charge in [0.1, 0.15) is 6.04 Å². The van der Waals surface area contributed by atoms with Gasteiger partial charge >= 0.3 is 0 Å². The van der Waals surface area contributed by atoms with Crippen LogP contribution >= 0.6 is 0 Å². The van der Waals surface area contributed by atoms with Gasteiger partial charge in [-0.25, -0.2) is 0 Å². The van der Waals surface area contributed by atoms with E-state index < -0.39 is 6.04 Å². The van der Waals surface area contributed by atoms with E-state index in [1.54, 1.807) is 25.0 Å². The molecule has 1 atom stereocenters. The Morgan fingerprint density at radius 1 is 1.06 bits per heavy atom. The Balaban J connectivity index is 2.10. The van der Waals surface area contributed by atoms with Crippen LogP contribution < -0.4 is 14.8 Å². The maximum Gasteiger partial charge on any atom is 0.247 e. The van der Waals surface area contributed by atoms with Crippen molar-refractivity contribution in [1.29, 1.82) is 0 Å². The highest BCUT2D eigenvalue weighted by atomic mass is 16.5. The number of para-hydroxylation sites is 1. The van der Waals surface area contributed by atoms with Crippen LogP contribution in [0.25, 0.3) is 6.08 Å². The summed E-state index contributed by atoms with van der Waals surface area (Å²) in [5.41, 5.74) is 1.52. The third-order valence-electron chi connectivity index (χ3n) is 4.70. The summed E-state index contributed by atoms with van der Waals surface area (Å²) in [6.07, 6.45) is 4.87. The number of ether oxygens (including phenoxy) is 2. The highest BCUT2D eigenvalue weighted by Crippen LogP contribution is 2.28. The first-order valence-electron chi connectivity index (χ1n) is 10.7. The number of rotatable bonds is 11. The molecule has 0 saturated heterocycles. The number of methoxy groups -OCH3 is 1. The summed E-state index contributed by atoms with van der Waals surface area (Å²) in [7, 11) is 1.59. The van der Waals surface area contributed by atoms with Crippen molar-refractivity contribution in [3.63, 3.8) is 0 Å². The van der Waals surface area contributed by atoms with E-state index in [1.165, 1.54) is 6.08 Å². The summed E-state index contributed by atoms with van der Waals surface area (Å²) >= 11 is 0. The number of anilines is 1. The van der Waals surface area contributed by atoms with Gasteiger partial charge in [0.15, 0.2) is 11.5 Å². The predicted octanol–water partition coefficient (Wildman–Crippen LogP) is 4.76. The van der Waals surface area contributed by atoms with Crippen molar-refractivity contribution in [2.24, 2.45) is 0 Å². The molecule has 2 rings (SSSR count). The molecule has 0 aromatic heterocycles. The van der Waals surface area contributed by atoms with Crippen molar-refractivity contribution in [2.45, 2.75) is 39.7 Å². The zero-order chi connectivity index (χ0) is 22.6. The fourth-order valence-corrected chi connectivity index (χ4v) is 3.03. The average molecular weight is 425 g/mol. The highest BCUT2D eigenvalue weighted by molar-refractivity contribution is 5.99. The first-order chi connectivity index (χ1) is 15.0. The van der Waals surface area contributed by atoms with Crippen molar-refractivity contribution in [3.05, 3.63) is 60.2 Å². The minimum atomic E-state index is -0.600. The smallest absolute Gasteiger partial charge is 0.247 e. The number of nitrogens with zero attached hydrogens (tertiary/aromatic N) is 1.